The number of sulfone groups is 1. The summed E-state index contributed by atoms with van der Waals surface area (Å²) in [5, 5.41) is 3.28. The molecule has 1 aliphatic rings. The van der Waals surface area contributed by atoms with E-state index < -0.39 is 9.84 Å². The predicted octanol–water partition coefficient (Wildman–Crippen LogP) is 0.846. The van der Waals surface area contributed by atoms with Crippen LogP contribution in [-0.2, 0) is 27.7 Å². The standard InChI is InChI=1S/C18H26N4O3S2/c1-3-14-4-6-15(7-5-14)17-19-18(26)22(20-17)13-21(9-10-25-2)16-8-11-27(23,24)12-16/h4-7,16H,3,8-13H2,1-2H3,(H,19,20,26)/p+1/t16-/m0/s1. The molecule has 2 heterocycles. The highest BCUT2D eigenvalue weighted by Gasteiger charge is 2.35. The van der Waals surface area contributed by atoms with Crippen LogP contribution in [0, 0.1) is 4.77 Å². The van der Waals surface area contributed by atoms with Crippen molar-refractivity contribution in [3.05, 3.63) is 34.6 Å². The number of quaternary nitrogens is 1. The van der Waals surface area contributed by atoms with E-state index in [1.807, 2.05) is 16.8 Å². The van der Waals surface area contributed by atoms with Crippen molar-refractivity contribution in [1.82, 2.24) is 14.8 Å². The summed E-state index contributed by atoms with van der Waals surface area (Å²) in [5.74, 6) is 1.21. The van der Waals surface area contributed by atoms with E-state index in [9.17, 15) is 8.42 Å². The Morgan fingerprint density at radius 1 is 1.37 bits per heavy atom. The van der Waals surface area contributed by atoms with Crippen LogP contribution in [0.3, 0.4) is 0 Å². The van der Waals surface area contributed by atoms with E-state index >= 15 is 0 Å². The fraction of sp³-hybridized carbons (Fsp3) is 0.556. The third-order valence-corrected chi connectivity index (χ3v) is 7.19. The normalized spacial score (nSPS) is 20.0. The first-order valence-corrected chi connectivity index (χ1v) is 11.4. The number of ether oxygens (including phenoxy) is 1. The smallest absolute Gasteiger partial charge is 0.221 e. The van der Waals surface area contributed by atoms with Crippen molar-refractivity contribution in [2.24, 2.45) is 0 Å². The summed E-state index contributed by atoms with van der Waals surface area (Å²) < 4.78 is 31.3. The van der Waals surface area contributed by atoms with Crippen molar-refractivity contribution in [3.63, 3.8) is 0 Å². The largest absolute Gasteiger partial charge is 0.379 e. The van der Waals surface area contributed by atoms with Crippen molar-refractivity contribution in [3.8, 4) is 11.4 Å². The monoisotopic (exact) mass is 411 g/mol. The number of aryl methyl sites for hydroxylation is 1. The number of benzene rings is 1. The van der Waals surface area contributed by atoms with Crippen LogP contribution >= 0.6 is 12.2 Å². The maximum atomic E-state index is 11.9. The lowest BCUT2D eigenvalue weighted by atomic mass is 10.1. The summed E-state index contributed by atoms with van der Waals surface area (Å²) in [6.45, 7) is 3.96. The molecule has 1 aromatic carbocycles. The third-order valence-electron chi connectivity index (χ3n) is 5.11. The number of aromatic amines is 1. The summed E-state index contributed by atoms with van der Waals surface area (Å²) in [6, 6.07) is 8.31. The van der Waals surface area contributed by atoms with Crippen molar-refractivity contribution in [2.75, 3.05) is 31.8 Å². The summed E-state index contributed by atoms with van der Waals surface area (Å²) in [7, 11) is -1.28. The molecule has 1 fully saturated rings. The summed E-state index contributed by atoms with van der Waals surface area (Å²) in [6.07, 6.45) is 1.67. The van der Waals surface area contributed by atoms with Gasteiger partial charge in [-0.3, -0.25) is 5.10 Å². The second kappa shape index (κ2) is 8.64. The lowest BCUT2D eigenvalue weighted by molar-refractivity contribution is -0.945. The molecule has 0 bridgehead atoms. The topological polar surface area (TPSA) is 81.4 Å². The lowest BCUT2D eigenvalue weighted by Gasteiger charge is -2.24. The van der Waals surface area contributed by atoms with Gasteiger partial charge in [0, 0.05) is 19.1 Å². The van der Waals surface area contributed by atoms with E-state index in [-0.39, 0.29) is 17.5 Å². The average molecular weight is 412 g/mol. The summed E-state index contributed by atoms with van der Waals surface area (Å²) in [4.78, 5) is 5.63. The number of hydrogen-bond donors (Lipinski definition) is 2. The SMILES string of the molecule is CCc1ccc(-c2nc(=S)n(C[NH+](CCOC)[C@H]3CCS(=O)(=O)C3)[nH]2)cc1. The Kier molecular flexibility index (Phi) is 6.46. The van der Waals surface area contributed by atoms with Crippen LogP contribution < -0.4 is 4.90 Å². The Morgan fingerprint density at radius 3 is 2.70 bits per heavy atom. The van der Waals surface area contributed by atoms with E-state index in [4.69, 9.17) is 17.0 Å². The fourth-order valence-electron chi connectivity index (χ4n) is 3.46. The minimum absolute atomic E-state index is 0.0580. The van der Waals surface area contributed by atoms with Gasteiger partial charge < -0.3 is 9.64 Å². The first-order valence-electron chi connectivity index (χ1n) is 9.22. The van der Waals surface area contributed by atoms with E-state index in [0.717, 1.165) is 29.3 Å². The molecule has 1 aromatic heterocycles. The fourth-order valence-corrected chi connectivity index (χ4v) is 5.48. The molecule has 2 aromatic rings. The first kappa shape index (κ1) is 20.2. The highest BCUT2D eigenvalue weighted by atomic mass is 32.2. The molecule has 0 radical (unpaired) electrons. The molecule has 2 N–H and O–H groups in total. The van der Waals surface area contributed by atoms with Crippen molar-refractivity contribution < 1.29 is 18.1 Å². The summed E-state index contributed by atoms with van der Waals surface area (Å²) >= 11 is 5.43. The van der Waals surface area contributed by atoms with Crippen molar-refractivity contribution in [1.29, 1.82) is 0 Å². The Hall–Kier alpha value is -1.55. The number of hydrogen-bond acceptors (Lipinski definition) is 5. The highest BCUT2D eigenvalue weighted by molar-refractivity contribution is 7.91. The van der Waals surface area contributed by atoms with Crippen LogP contribution in [0.1, 0.15) is 18.9 Å². The number of nitrogens with one attached hydrogen (secondary N) is 2. The van der Waals surface area contributed by atoms with Gasteiger partial charge in [0.25, 0.3) is 0 Å². The molecule has 1 unspecified atom stereocenters. The molecule has 9 heteroatoms. The molecule has 0 spiro atoms. The van der Waals surface area contributed by atoms with Crippen LogP contribution in [0.5, 0.6) is 0 Å². The van der Waals surface area contributed by atoms with Gasteiger partial charge in [0.1, 0.15) is 18.3 Å². The van der Waals surface area contributed by atoms with Crippen molar-refractivity contribution in [2.45, 2.75) is 32.5 Å². The Balaban J connectivity index is 1.79. The van der Waals surface area contributed by atoms with E-state index in [0.29, 0.717) is 24.5 Å². The molecule has 27 heavy (non-hydrogen) atoms. The minimum atomic E-state index is -2.94. The van der Waals surface area contributed by atoms with Gasteiger partial charge in [-0.25, -0.2) is 13.1 Å². The lowest BCUT2D eigenvalue weighted by Crippen LogP contribution is -3.16. The molecule has 3 rings (SSSR count). The molecule has 2 atom stereocenters. The van der Waals surface area contributed by atoms with Crippen molar-refractivity contribution >= 4 is 22.1 Å². The van der Waals surface area contributed by atoms with Crippen LogP contribution in [0.25, 0.3) is 11.4 Å². The number of rotatable bonds is 8. The van der Waals surface area contributed by atoms with Crippen LogP contribution in [0.2, 0.25) is 0 Å². The Morgan fingerprint density at radius 2 is 2.11 bits per heavy atom. The average Bonchev–Trinajstić information content (AvgIpc) is 3.20. The van der Waals surface area contributed by atoms with Gasteiger partial charge in [0.05, 0.1) is 12.4 Å². The van der Waals surface area contributed by atoms with Gasteiger partial charge in [-0.2, -0.15) is 4.98 Å². The Bertz CT molecular complexity index is 919. The molecule has 1 aliphatic heterocycles. The minimum Gasteiger partial charge on any atom is -0.379 e. The molecule has 148 valence electrons. The van der Waals surface area contributed by atoms with Crippen LogP contribution in [-0.4, -0.2) is 61.0 Å². The maximum absolute atomic E-state index is 11.9. The molecule has 0 aliphatic carbocycles. The van der Waals surface area contributed by atoms with Crippen LogP contribution in [0.15, 0.2) is 24.3 Å². The number of aromatic nitrogens is 3. The Labute approximate surface area is 165 Å². The van der Waals surface area contributed by atoms with Gasteiger partial charge in [-0.15, -0.1) is 0 Å². The number of nitrogens with zero attached hydrogens (tertiary/aromatic N) is 2. The second-order valence-electron chi connectivity index (χ2n) is 6.99. The predicted molar refractivity (Wildman–Crippen MR) is 107 cm³/mol. The second-order valence-corrected chi connectivity index (χ2v) is 9.59. The van der Waals surface area contributed by atoms with Gasteiger partial charge in [-0.05, 0) is 24.2 Å². The van der Waals surface area contributed by atoms with E-state index in [2.05, 4.69) is 29.1 Å². The third kappa shape index (κ3) is 5.04. The zero-order chi connectivity index (χ0) is 19.4. The van der Waals surface area contributed by atoms with E-state index in [1.165, 1.54) is 5.56 Å². The highest BCUT2D eigenvalue weighted by Crippen LogP contribution is 2.16. The zero-order valence-corrected chi connectivity index (χ0v) is 17.4. The van der Waals surface area contributed by atoms with Crippen LogP contribution in [0.4, 0.5) is 0 Å². The molecule has 7 nitrogen and oxygen atoms in total. The van der Waals surface area contributed by atoms with Gasteiger partial charge >= 0.3 is 0 Å². The maximum Gasteiger partial charge on any atom is 0.221 e. The van der Waals surface area contributed by atoms with Gasteiger partial charge in [0.2, 0.25) is 4.77 Å². The molecule has 1 saturated heterocycles. The molecular formula is C18H27N4O3S2+. The quantitative estimate of drug-likeness (QED) is 0.630. The van der Waals surface area contributed by atoms with Gasteiger partial charge in [0.15, 0.2) is 22.3 Å². The number of H-pyrrole nitrogens is 1. The molecule has 0 saturated carbocycles. The molecule has 0 amide bonds. The zero-order valence-electron chi connectivity index (χ0n) is 15.8. The summed E-state index contributed by atoms with van der Waals surface area (Å²) in [5.41, 5.74) is 2.26. The number of methoxy groups -OCH3 is 1. The van der Waals surface area contributed by atoms with E-state index in [1.54, 1.807) is 7.11 Å². The molecular weight excluding hydrogens is 384 g/mol. The first-order chi connectivity index (χ1) is 12.9. The van der Waals surface area contributed by atoms with Gasteiger partial charge in [-0.1, -0.05) is 31.2 Å².